The number of nitrogens with one attached hydrogen (secondary N) is 1. The first-order chi connectivity index (χ1) is 8.97. The highest BCUT2D eigenvalue weighted by Crippen LogP contribution is 2.35. The fraction of sp³-hybridized carbons (Fsp3) is 0.467. The number of carbonyl (C=O) groups excluding carboxylic acids is 2. The minimum Gasteiger partial charge on any atom is -0.341 e. The summed E-state index contributed by atoms with van der Waals surface area (Å²) in [6, 6.07) is 8.31. The molecule has 100 valence electrons. The molecular formula is C15H18N2O2. The predicted octanol–water partition coefficient (Wildman–Crippen LogP) is 1.06. The van der Waals surface area contributed by atoms with E-state index in [4.69, 9.17) is 0 Å². The summed E-state index contributed by atoms with van der Waals surface area (Å²) in [4.78, 5) is 25.6. The van der Waals surface area contributed by atoms with Crippen LogP contribution in [0.3, 0.4) is 0 Å². The first-order valence-corrected chi connectivity index (χ1v) is 6.65. The van der Waals surface area contributed by atoms with Crippen LogP contribution in [0.15, 0.2) is 24.3 Å². The summed E-state index contributed by atoms with van der Waals surface area (Å²) in [6.45, 7) is 4.34. The van der Waals surface area contributed by atoms with E-state index < -0.39 is 5.54 Å². The molecule has 3 rings (SSSR count). The Morgan fingerprint density at radius 1 is 1.32 bits per heavy atom. The first-order valence-electron chi connectivity index (χ1n) is 6.65. The Morgan fingerprint density at radius 2 is 2.05 bits per heavy atom. The fourth-order valence-corrected chi connectivity index (χ4v) is 3.02. The summed E-state index contributed by atoms with van der Waals surface area (Å²) in [5.74, 6) is 0.315. The van der Waals surface area contributed by atoms with E-state index in [1.54, 1.807) is 18.7 Å². The molecule has 0 radical (unpaired) electrons. The van der Waals surface area contributed by atoms with Gasteiger partial charge in [0.15, 0.2) is 0 Å². The lowest BCUT2D eigenvalue weighted by molar-refractivity contribution is -0.148. The van der Waals surface area contributed by atoms with Gasteiger partial charge in [0.05, 0.1) is 6.54 Å². The van der Waals surface area contributed by atoms with Crippen LogP contribution in [-0.4, -0.2) is 35.3 Å². The Labute approximate surface area is 112 Å². The maximum Gasteiger partial charge on any atom is 0.248 e. The van der Waals surface area contributed by atoms with Crippen LogP contribution in [-0.2, 0) is 16.0 Å². The molecule has 0 bridgehead atoms. The van der Waals surface area contributed by atoms with E-state index in [2.05, 4.69) is 17.4 Å². The molecule has 1 aromatic carbocycles. The molecule has 1 aromatic rings. The molecule has 4 heteroatoms. The van der Waals surface area contributed by atoms with Crippen molar-refractivity contribution in [3.63, 3.8) is 0 Å². The van der Waals surface area contributed by atoms with Crippen molar-refractivity contribution in [3.8, 4) is 0 Å². The van der Waals surface area contributed by atoms with Gasteiger partial charge in [-0.25, -0.2) is 0 Å². The molecule has 1 aliphatic heterocycles. The van der Waals surface area contributed by atoms with E-state index in [9.17, 15) is 9.59 Å². The number of carbonyl (C=O) groups is 2. The van der Waals surface area contributed by atoms with Crippen LogP contribution in [0.1, 0.15) is 30.9 Å². The van der Waals surface area contributed by atoms with Gasteiger partial charge in [-0.2, -0.15) is 0 Å². The SMILES string of the molecule is CC1(C)NC(=O)CN(CC2Cc3ccccc32)C1=O. The van der Waals surface area contributed by atoms with Gasteiger partial charge in [-0.3, -0.25) is 9.59 Å². The second-order valence-electron chi connectivity index (χ2n) is 5.96. The molecule has 1 fully saturated rings. The van der Waals surface area contributed by atoms with Crippen LogP contribution in [0.4, 0.5) is 0 Å². The molecular weight excluding hydrogens is 240 g/mol. The minimum absolute atomic E-state index is 0.0106. The van der Waals surface area contributed by atoms with Crippen molar-refractivity contribution in [2.45, 2.75) is 31.7 Å². The molecule has 1 unspecified atom stereocenters. The summed E-state index contributed by atoms with van der Waals surface area (Å²) >= 11 is 0. The molecule has 19 heavy (non-hydrogen) atoms. The quantitative estimate of drug-likeness (QED) is 0.862. The summed E-state index contributed by atoms with van der Waals surface area (Å²) in [7, 11) is 0. The lowest BCUT2D eigenvalue weighted by Gasteiger charge is -2.41. The normalized spacial score (nSPS) is 24.5. The highest BCUT2D eigenvalue weighted by molar-refractivity contribution is 5.97. The van der Waals surface area contributed by atoms with Crippen molar-refractivity contribution in [2.24, 2.45) is 0 Å². The van der Waals surface area contributed by atoms with Gasteiger partial charge in [0.2, 0.25) is 11.8 Å². The number of hydrogen-bond acceptors (Lipinski definition) is 2. The van der Waals surface area contributed by atoms with E-state index >= 15 is 0 Å². The van der Waals surface area contributed by atoms with Crippen molar-refractivity contribution >= 4 is 11.8 Å². The van der Waals surface area contributed by atoms with Crippen molar-refractivity contribution in [1.82, 2.24) is 10.2 Å². The Hall–Kier alpha value is -1.84. The van der Waals surface area contributed by atoms with Gasteiger partial charge in [-0.15, -0.1) is 0 Å². The van der Waals surface area contributed by atoms with Gasteiger partial charge in [0.25, 0.3) is 0 Å². The molecule has 2 aliphatic rings. The summed E-state index contributed by atoms with van der Waals surface area (Å²) in [5.41, 5.74) is 1.90. The number of hydrogen-bond donors (Lipinski definition) is 1. The van der Waals surface area contributed by atoms with Gasteiger partial charge in [0.1, 0.15) is 5.54 Å². The maximum atomic E-state index is 12.3. The largest absolute Gasteiger partial charge is 0.341 e. The van der Waals surface area contributed by atoms with Gasteiger partial charge in [0, 0.05) is 12.5 Å². The topological polar surface area (TPSA) is 49.4 Å². The second kappa shape index (κ2) is 4.08. The molecule has 0 aromatic heterocycles. The van der Waals surface area contributed by atoms with E-state index in [-0.39, 0.29) is 18.4 Å². The lowest BCUT2D eigenvalue weighted by Crippen LogP contribution is -2.64. The zero-order valence-corrected chi connectivity index (χ0v) is 11.3. The molecule has 1 N–H and O–H groups in total. The zero-order chi connectivity index (χ0) is 13.6. The van der Waals surface area contributed by atoms with Crippen molar-refractivity contribution < 1.29 is 9.59 Å². The highest BCUT2D eigenvalue weighted by Gasteiger charge is 2.40. The second-order valence-corrected chi connectivity index (χ2v) is 5.96. The fourth-order valence-electron chi connectivity index (χ4n) is 3.02. The number of fused-ring (bicyclic) bond motifs is 1. The number of rotatable bonds is 2. The number of benzene rings is 1. The zero-order valence-electron chi connectivity index (χ0n) is 11.3. The monoisotopic (exact) mass is 258 g/mol. The van der Waals surface area contributed by atoms with Crippen LogP contribution in [0, 0.1) is 0 Å². The Morgan fingerprint density at radius 3 is 2.79 bits per heavy atom. The van der Waals surface area contributed by atoms with Crippen molar-refractivity contribution in [2.75, 3.05) is 13.1 Å². The van der Waals surface area contributed by atoms with Crippen LogP contribution in [0.5, 0.6) is 0 Å². The Kier molecular flexibility index (Phi) is 2.62. The Balaban J connectivity index is 1.74. The number of nitrogens with zero attached hydrogens (tertiary/aromatic N) is 1. The molecule has 1 aliphatic carbocycles. The van der Waals surface area contributed by atoms with Crippen LogP contribution >= 0.6 is 0 Å². The molecule has 1 heterocycles. The predicted molar refractivity (Wildman–Crippen MR) is 71.7 cm³/mol. The van der Waals surface area contributed by atoms with Gasteiger partial charge in [-0.05, 0) is 31.4 Å². The van der Waals surface area contributed by atoms with E-state index in [1.165, 1.54) is 11.1 Å². The molecule has 1 atom stereocenters. The summed E-state index contributed by atoms with van der Waals surface area (Å²) in [6.07, 6.45) is 1.00. The molecule has 0 saturated carbocycles. The van der Waals surface area contributed by atoms with E-state index in [0.717, 1.165) is 6.42 Å². The standard InChI is InChI=1S/C15H18N2O2/c1-15(2)14(19)17(9-13(18)16-15)8-11-7-10-5-3-4-6-12(10)11/h3-6,11H,7-9H2,1-2H3,(H,16,18). The van der Waals surface area contributed by atoms with Crippen LogP contribution < -0.4 is 5.32 Å². The number of piperazine rings is 1. The average Bonchev–Trinajstić information content (AvgIpc) is 2.31. The van der Waals surface area contributed by atoms with Gasteiger partial charge in [-0.1, -0.05) is 24.3 Å². The van der Waals surface area contributed by atoms with Gasteiger partial charge >= 0.3 is 0 Å². The Bertz CT molecular complexity index is 551. The molecule has 1 saturated heterocycles. The highest BCUT2D eigenvalue weighted by atomic mass is 16.2. The van der Waals surface area contributed by atoms with Gasteiger partial charge < -0.3 is 10.2 Å². The molecule has 4 nitrogen and oxygen atoms in total. The summed E-state index contributed by atoms with van der Waals surface area (Å²) in [5, 5.41) is 2.73. The van der Waals surface area contributed by atoms with Crippen LogP contribution in [0.2, 0.25) is 0 Å². The first kappa shape index (κ1) is 12.2. The maximum absolute atomic E-state index is 12.3. The third kappa shape index (κ3) is 2.01. The minimum atomic E-state index is -0.779. The third-order valence-corrected chi connectivity index (χ3v) is 4.01. The molecule has 0 spiro atoms. The van der Waals surface area contributed by atoms with Crippen molar-refractivity contribution in [3.05, 3.63) is 35.4 Å². The lowest BCUT2D eigenvalue weighted by atomic mass is 9.77. The third-order valence-electron chi connectivity index (χ3n) is 4.01. The molecule has 2 amide bonds. The summed E-state index contributed by atoms with van der Waals surface area (Å²) < 4.78 is 0. The van der Waals surface area contributed by atoms with E-state index in [0.29, 0.717) is 12.5 Å². The smallest absolute Gasteiger partial charge is 0.248 e. The number of amides is 2. The average molecular weight is 258 g/mol. The van der Waals surface area contributed by atoms with Crippen molar-refractivity contribution in [1.29, 1.82) is 0 Å². The van der Waals surface area contributed by atoms with Crippen LogP contribution in [0.25, 0.3) is 0 Å². The van der Waals surface area contributed by atoms with E-state index in [1.807, 2.05) is 12.1 Å².